The van der Waals surface area contributed by atoms with E-state index in [2.05, 4.69) is 4.90 Å². The minimum atomic E-state index is -0.00131. The molecule has 4 rings (SSSR count). The molecule has 1 spiro atoms. The summed E-state index contributed by atoms with van der Waals surface area (Å²) in [6, 6.07) is 2.43. The maximum atomic E-state index is 12.4. The second-order valence-corrected chi connectivity index (χ2v) is 7.23. The highest BCUT2D eigenvalue weighted by Gasteiger charge is 2.42. The number of carbonyl (C=O) groups is 1. The lowest BCUT2D eigenvalue weighted by Gasteiger charge is -2.48. The van der Waals surface area contributed by atoms with E-state index in [1.807, 2.05) is 4.90 Å². The van der Waals surface area contributed by atoms with Crippen molar-refractivity contribution < 1.29 is 13.9 Å². The van der Waals surface area contributed by atoms with Crippen molar-refractivity contribution in [1.82, 2.24) is 9.80 Å². The lowest BCUT2D eigenvalue weighted by molar-refractivity contribution is -0.128. The third-order valence-electron chi connectivity index (χ3n) is 5.85. The smallest absolute Gasteiger partial charge is 0.257 e. The molecule has 1 unspecified atom stereocenters. The van der Waals surface area contributed by atoms with Crippen LogP contribution in [0.1, 0.15) is 48.9 Å². The summed E-state index contributed by atoms with van der Waals surface area (Å²) in [6.45, 7) is 4.96. The molecule has 0 bridgehead atoms. The van der Waals surface area contributed by atoms with Crippen LogP contribution in [0.4, 0.5) is 0 Å². The van der Waals surface area contributed by atoms with Crippen molar-refractivity contribution in [3.05, 3.63) is 24.2 Å². The van der Waals surface area contributed by atoms with Gasteiger partial charge in [0, 0.05) is 25.7 Å². The molecule has 1 aromatic heterocycles. The highest BCUT2D eigenvalue weighted by atomic mass is 16.5. The molecule has 1 amide bonds. The number of likely N-dealkylation sites (tertiary alicyclic amines) is 2. The maximum Gasteiger partial charge on any atom is 0.257 e. The summed E-state index contributed by atoms with van der Waals surface area (Å²) in [4.78, 5) is 17.0. The van der Waals surface area contributed by atoms with E-state index in [0.29, 0.717) is 11.6 Å². The van der Waals surface area contributed by atoms with Gasteiger partial charge in [-0.05, 0) is 57.7 Å². The Bertz CT molecular complexity index is 528. The zero-order chi connectivity index (χ0) is 15.7. The Morgan fingerprint density at radius 1 is 1.17 bits per heavy atom. The molecular weight excluding hydrogens is 292 g/mol. The van der Waals surface area contributed by atoms with Gasteiger partial charge in [0.1, 0.15) is 6.26 Å². The molecule has 126 valence electrons. The summed E-state index contributed by atoms with van der Waals surface area (Å²) in [7, 11) is 0. The first-order chi connectivity index (χ1) is 11.3. The van der Waals surface area contributed by atoms with Crippen LogP contribution in [0.15, 0.2) is 23.0 Å². The van der Waals surface area contributed by atoms with Gasteiger partial charge in [0.05, 0.1) is 17.4 Å². The lowest BCUT2D eigenvalue weighted by atomic mass is 9.81. The van der Waals surface area contributed by atoms with Crippen molar-refractivity contribution in [1.29, 1.82) is 0 Å². The van der Waals surface area contributed by atoms with Gasteiger partial charge in [-0.25, -0.2) is 0 Å². The number of nitrogens with zero attached hydrogens (tertiary/aromatic N) is 2. The Balaban J connectivity index is 1.37. The van der Waals surface area contributed by atoms with Crippen LogP contribution in [0.3, 0.4) is 0 Å². The zero-order valence-corrected chi connectivity index (χ0v) is 13.7. The fraction of sp³-hybridized carbons (Fsp3) is 0.722. The lowest BCUT2D eigenvalue weighted by Crippen LogP contribution is -2.54. The first-order valence-corrected chi connectivity index (χ1v) is 8.95. The van der Waals surface area contributed by atoms with Gasteiger partial charge >= 0.3 is 0 Å². The van der Waals surface area contributed by atoms with E-state index >= 15 is 0 Å². The van der Waals surface area contributed by atoms with Crippen LogP contribution >= 0.6 is 0 Å². The molecule has 3 aliphatic heterocycles. The SMILES string of the molecule is O=C(c1ccoc1)N1CCC2(CC1)CC(N1CCCC1)CCO2. The van der Waals surface area contributed by atoms with Crippen molar-refractivity contribution in [2.45, 2.75) is 50.2 Å². The van der Waals surface area contributed by atoms with Crippen LogP contribution < -0.4 is 0 Å². The summed E-state index contributed by atoms with van der Waals surface area (Å²) in [6.07, 6.45) is 10.0. The molecule has 4 heterocycles. The highest BCUT2D eigenvalue weighted by molar-refractivity contribution is 5.93. The van der Waals surface area contributed by atoms with Crippen LogP contribution in [0.25, 0.3) is 0 Å². The normalized spacial score (nSPS) is 28.3. The van der Waals surface area contributed by atoms with E-state index in [1.54, 1.807) is 12.3 Å². The molecule has 0 aliphatic carbocycles. The average Bonchev–Trinajstić information content (AvgIpc) is 3.29. The first-order valence-electron chi connectivity index (χ1n) is 8.95. The summed E-state index contributed by atoms with van der Waals surface area (Å²) in [5, 5.41) is 0. The van der Waals surface area contributed by atoms with Crippen molar-refractivity contribution in [2.75, 3.05) is 32.8 Å². The van der Waals surface area contributed by atoms with Gasteiger partial charge in [0.2, 0.25) is 0 Å². The Morgan fingerprint density at radius 3 is 2.65 bits per heavy atom. The molecule has 1 aromatic rings. The average molecular weight is 318 g/mol. The molecular formula is C18H26N2O3. The minimum absolute atomic E-state index is 0.00131. The maximum absolute atomic E-state index is 12.4. The number of furan rings is 1. The van der Waals surface area contributed by atoms with Crippen molar-refractivity contribution >= 4 is 5.91 Å². The molecule has 0 saturated carbocycles. The zero-order valence-electron chi connectivity index (χ0n) is 13.7. The van der Waals surface area contributed by atoms with Gasteiger partial charge in [-0.2, -0.15) is 0 Å². The standard InChI is InChI=1S/C18H26N2O3/c21-17(15-3-11-22-14-15)20-9-5-18(6-10-20)13-16(4-12-23-18)19-7-1-2-8-19/h3,11,14,16H,1-2,4-10,12-13H2. The van der Waals surface area contributed by atoms with E-state index in [0.717, 1.165) is 39.0 Å². The number of piperidine rings is 1. The van der Waals surface area contributed by atoms with Crippen LogP contribution in [0.5, 0.6) is 0 Å². The predicted octanol–water partition coefficient (Wildman–Crippen LogP) is 2.53. The Hall–Kier alpha value is -1.33. The Kier molecular flexibility index (Phi) is 4.16. The van der Waals surface area contributed by atoms with Crippen molar-refractivity contribution in [2.24, 2.45) is 0 Å². The number of rotatable bonds is 2. The summed E-state index contributed by atoms with van der Waals surface area (Å²) in [5.41, 5.74) is 0.652. The minimum Gasteiger partial charge on any atom is -0.472 e. The fourth-order valence-electron chi connectivity index (χ4n) is 4.45. The number of amides is 1. The molecule has 5 nitrogen and oxygen atoms in total. The molecule has 3 aliphatic rings. The summed E-state index contributed by atoms with van der Waals surface area (Å²) < 4.78 is 11.3. The second kappa shape index (κ2) is 6.29. The van der Waals surface area contributed by atoms with Gasteiger partial charge < -0.3 is 19.0 Å². The van der Waals surface area contributed by atoms with E-state index in [1.165, 1.54) is 38.6 Å². The molecule has 3 fully saturated rings. The van der Waals surface area contributed by atoms with E-state index in [-0.39, 0.29) is 11.5 Å². The predicted molar refractivity (Wildman–Crippen MR) is 86.4 cm³/mol. The van der Waals surface area contributed by atoms with E-state index in [4.69, 9.17) is 9.15 Å². The Morgan fingerprint density at radius 2 is 1.96 bits per heavy atom. The van der Waals surface area contributed by atoms with Gasteiger partial charge in [-0.15, -0.1) is 0 Å². The third kappa shape index (κ3) is 3.04. The van der Waals surface area contributed by atoms with Crippen LogP contribution in [-0.4, -0.2) is 60.1 Å². The number of ether oxygens (including phenoxy) is 1. The van der Waals surface area contributed by atoms with Gasteiger partial charge in [-0.3, -0.25) is 4.79 Å². The number of carbonyl (C=O) groups excluding carboxylic acids is 1. The van der Waals surface area contributed by atoms with Crippen LogP contribution in [0.2, 0.25) is 0 Å². The van der Waals surface area contributed by atoms with Crippen LogP contribution in [-0.2, 0) is 4.74 Å². The highest BCUT2D eigenvalue weighted by Crippen LogP contribution is 2.37. The molecule has 0 radical (unpaired) electrons. The fourth-order valence-corrected chi connectivity index (χ4v) is 4.45. The largest absolute Gasteiger partial charge is 0.472 e. The van der Waals surface area contributed by atoms with Crippen molar-refractivity contribution in [3.63, 3.8) is 0 Å². The molecule has 0 aromatic carbocycles. The molecule has 1 atom stereocenters. The second-order valence-electron chi connectivity index (χ2n) is 7.23. The van der Waals surface area contributed by atoms with E-state index in [9.17, 15) is 4.79 Å². The Labute approximate surface area is 137 Å². The van der Waals surface area contributed by atoms with Crippen molar-refractivity contribution in [3.8, 4) is 0 Å². The third-order valence-corrected chi connectivity index (χ3v) is 5.85. The topological polar surface area (TPSA) is 45.9 Å². The summed E-state index contributed by atoms with van der Waals surface area (Å²) >= 11 is 0. The molecule has 23 heavy (non-hydrogen) atoms. The summed E-state index contributed by atoms with van der Waals surface area (Å²) in [5.74, 6) is 0.0838. The van der Waals surface area contributed by atoms with Crippen LogP contribution in [0, 0.1) is 0 Å². The number of hydrogen-bond acceptors (Lipinski definition) is 4. The number of hydrogen-bond donors (Lipinski definition) is 0. The monoisotopic (exact) mass is 318 g/mol. The van der Waals surface area contributed by atoms with E-state index < -0.39 is 0 Å². The quantitative estimate of drug-likeness (QED) is 0.840. The molecule has 0 N–H and O–H groups in total. The van der Waals surface area contributed by atoms with Gasteiger partial charge in [0.15, 0.2) is 0 Å². The molecule has 5 heteroatoms. The van der Waals surface area contributed by atoms with Gasteiger partial charge in [0.25, 0.3) is 5.91 Å². The first kappa shape index (κ1) is 15.2. The molecule has 3 saturated heterocycles. The van der Waals surface area contributed by atoms with Gasteiger partial charge in [-0.1, -0.05) is 0 Å².